The van der Waals surface area contributed by atoms with Crippen LogP contribution in [0.5, 0.6) is 5.75 Å². The fourth-order valence-electron chi connectivity index (χ4n) is 2.94. The quantitative estimate of drug-likeness (QED) is 0.863. The second kappa shape index (κ2) is 5.01. The number of phenolic OH excluding ortho intramolecular Hbond substituents is 1. The van der Waals surface area contributed by atoms with Gasteiger partial charge in [-0.15, -0.1) is 0 Å². The van der Waals surface area contributed by atoms with E-state index in [1.165, 1.54) is 0 Å². The Morgan fingerprint density at radius 2 is 1.89 bits per heavy atom. The van der Waals surface area contributed by atoms with Crippen LogP contribution in [0.15, 0.2) is 18.2 Å². The van der Waals surface area contributed by atoms with Crippen LogP contribution >= 0.6 is 0 Å². The number of hydrogen-bond donors (Lipinski definition) is 2. The van der Waals surface area contributed by atoms with Gasteiger partial charge >= 0.3 is 5.97 Å². The van der Waals surface area contributed by atoms with Crippen molar-refractivity contribution in [1.29, 1.82) is 0 Å². The minimum absolute atomic E-state index is 0.176. The summed E-state index contributed by atoms with van der Waals surface area (Å²) < 4.78 is 0. The summed E-state index contributed by atoms with van der Waals surface area (Å²) in [6.07, 6.45) is 5.16. The molecule has 0 spiro atoms. The first-order valence-electron chi connectivity index (χ1n) is 6.65. The lowest BCUT2D eigenvalue weighted by Gasteiger charge is -2.34. The molecule has 1 aromatic carbocycles. The van der Waals surface area contributed by atoms with Gasteiger partial charge in [-0.05, 0) is 42.5 Å². The molecule has 1 saturated carbocycles. The van der Waals surface area contributed by atoms with Gasteiger partial charge in [0.1, 0.15) is 5.75 Å². The molecule has 2 N–H and O–H groups in total. The second-order valence-electron chi connectivity index (χ2n) is 5.19. The molecular formula is C15H20O3. The maximum absolute atomic E-state index is 11.7. The van der Waals surface area contributed by atoms with Crippen LogP contribution in [-0.4, -0.2) is 16.2 Å². The zero-order valence-electron chi connectivity index (χ0n) is 10.8. The van der Waals surface area contributed by atoms with Gasteiger partial charge in [0.25, 0.3) is 0 Å². The highest BCUT2D eigenvalue weighted by Gasteiger charge is 2.41. The van der Waals surface area contributed by atoms with Crippen LogP contribution in [0, 0.1) is 0 Å². The van der Waals surface area contributed by atoms with E-state index in [4.69, 9.17) is 0 Å². The lowest BCUT2D eigenvalue weighted by Crippen LogP contribution is -2.37. The summed E-state index contributed by atoms with van der Waals surface area (Å²) in [6.45, 7) is 2.01. The lowest BCUT2D eigenvalue weighted by molar-refractivity contribution is -0.145. The number of aromatic hydroxyl groups is 1. The average molecular weight is 248 g/mol. The molecule has 1 aromatic rings. The Morgan fingerprint density at radius 3 is 2.44 bits per heavy atom. The first-order valence-corrected chi connectivity index (χ1v) is 6.65. The standard InChI is InChI=1S/C15H20O3/c1-2-11-8-12(10-13(16)9-11)15(14(17)18)6-4-3-5-7-15/h8-10,16H,2-7H2,1H3,(H,17,18). The molecule has 2 rings (SSSR count). The van der Waals surface area contributed by atoms with Gasteiger partial charge in [-0.25, -0.2) is 0 Å². The van der Waals surface area contributed by atoms with Crippen LogP contribution in [0.4, 0.5) is 0 Å². The summed E-state index contributed by atoms with van der Waals surface area (Å²) >= 11 is 0. The average Bonchev–Trinajstić information content (AvgIpc) is 2.38. The third kappa shape index (κ3) is 2.22. The number of phenols is 1. The number of carboxylic acids is 1. The SMILES string of the molecule is CCc1cc(O)cc(C2(C(=O)O)CCCCC2)c1. The molecule has 98 valence electrons. The zero-order valence-corrected chi connectivity index (χ0v) is 10.8. The van der Waals surface area contributed by atoms with Gasteiger partial charge in [0.05, 0.1) is 5.41 Å². The fourth-order valence-corrected chi connectivity index (χ4v) is 2.94. The molecule has 0 aliphatic heterocycles. The van der Waals surface area contributed by atoms with Gasteiger partial charge in [0, 0.05) is 0 Å². The summed E-state index contributed by atoms with van der Waals surface area (Å²) in [4.78, 5) is 11.7. The predicted octanol–water partition coefficient (Wildman–Crippen LogP) is 3.24. The Bertz CT molecular complexity index is 445. The number of hydrogen-bond acceptors (Lipinski definition) is 2. The summed E-state index contributed by atoms with van der Waals surface area (Å²) in [5, 5.41) is 19.4. The van der Waals surface area contributed by atoms with Crippen LogP contribution < -0.4 is 0 Å². The van der Waals surface area contributed by atoms with Crippen molar-refractivity contribution in [2.24, 2.45) is 0 Å². The molecule has 0 radical (unpaired) electrons. The van der Waals surface area contributed by atoms with Crippen molar-refractivity contribution >= 4 is 5.97 Å². The van der Waals surface area contributed by atoms with Gasteiger partial charge in [-0.1, -0.05) is 32.3 Å². The van der Waals surface area contributed by atoms with E-state index in [0.29, 0.717) is 12.8 Å². The van der Waals surface area contributed by atoms with Crippen molar-refractivity contribution in [3.63, 3.8) is 0 Å². The molecule has 1 aliphatic carbocycles. The molecule has 0 unspecified atom stereocenters. The van der Waals surface area contributed by atoms with Crippen LogP contribution in [-0.2, 0) is 16.6 Å². The Kier molecular flexibility index (Phi) is 3.60. The highest BCUT2D eigenvalue weighted by Crippen LogP contribution is 2.41. The van der Waals surface area contributed by atoms with Gasteiger partial charge in [-0.2, -0.15) is 0 Å². The summed E-state index contributed by atoms with van der Waals surface area (Å²) in [6, 6.07) is 5.28. The first-order chi connectivity index (χ1) is 8.58. The van der Waals surface area contributed by atoms with Crippen LogP contribution in [0.2, 0.25) is 0 Å². The molecule has 0 amide bonds. The van der Waals surface area contributed by atoms with Crippen molar-refractivity contribution in [2.45, 2.75) is 50.9 Å². The largest absolute Gasteiger partial charge is 0.508 e. The molecular weight excluding hydrogens is 228 g/mol. The summed E-state index contributed by atoms with van der Waals surface area (Å²) in [5.41, 5.74) is 0.976. The van der Waals surface area contributed by atoms with E-state index in [1.54, 1.807) is 12.1 Å². The van der Waals surface area contributed by atoms with Gasteiger partial charge in [0.2, 0.25) is 0 Å². The van der Waals surface area contributed by atoms with Crippen LogP contribution in [0.25, 0.3) is 0 Å². The smallest absolute Gasteiger partial charge is 0.314 e. The van der Waals surface area contributed by atoms with E-state index in [1.807, 2.05) is 13.0 Å². The predicted molar refractivity (Wildman–Crippen MR) is 69.9 cm³/mol. The number of carboxylic acid groups (broad SMARTS) is 1. The highest BCUT2D eigenvalue weighted by molar-refractivity contribution is 5.81. The molecule has 0 saturated heterocycles. The molecule has 0 atom stereocenters. The maximum atomic E-state index is 11.7. The summed E-state index contributed by atoms with van der Waals surface area (Å²) in [7, 11) is 0. The minimum atomic E-state index is -0.791. The van der Waals surface area contributed by atoms with Gasteiger partial charge in [-0.3, -0.25) is 4.79 Å². The molecule has 3 heteroatoms. The van der Waals surface area contributed by atoms with Crippen molar-refractivity contribution in [2.75, 3.05) is 0 Å². The number of aryl methyl sites for hydroxylation is 1. The number of aliphatic carboxylic acids is 1. The lowest BCUT2D eigenvalue weighted by atomic mass is 9.69. The van der Waals surface area contributed by atoms with Gasteiger partial charge in [0.15, 0.2) is 0 Å². The maximum Gasteiger partial charge on any atom is 0.314 e. The molecule has 18 heavy (non-hydrogen) atoms. The van der Waals surface area contributed by atoms with Crippen LogP contribution in [0.3, 0.4) is 0 Å². The van der Waals surface area contributed by atoms with Gasteiger partial charge < -0.3 is 10.2 Å². The normalized spacial score (nSPS) is 18.5. The number of carbonyl (C=O) groups is 1. The van der Waals surface area contributed by atoms with E-state index >= 15 is 0 Å². The minimum Gasteiger partial charge on any atom is -0.508 e. The molecule has 3 nitrogen and oxygen atoms in total. The third-order valence-corrected chi connectivity index (χ3v) is 4.05. The Hall–Kier alpha value is -1.51. The molecule has 0 aromatic heterocycles. The number of benzene rings is 1. The number of rotatable bonds is 3. The van der Waals surface area contributed by atoms with Crippen LogP contribution in [0.1, 0.15) is 50.2 Å². The van der Waals surface area contributed by atoms with E-state index in [-0.39, 0.29) is 5.75 Å². The highest BCUT2D eigenvalue weighted by atomic mass is 16.4. The first kappa shape index (κ1) is 12.9. The van der Waals surface area contributed by atoms with E-state index < -0.39 is 11.4 Å². The van der Waals surface area contributed by atoms with E-state index in [0.717, 1.165) is 36.8 Å². The zero-order chi connectivity index (χ0) is 13.2. The Balaban J connectivity index is 2.48. The Labute approximate surface area is 107 Å². The topological polar surface area (TPSA) is 57.5 Å². The summed E-state index contributed by atoms with van der Waals surface area (Å²) in [5.74, 6) is -0.578. The van der Waals surface area contributed by atoms with Crippen molar-refractivity contribution in [3.05, 3.63) is 29.3 Å². The molecule has 1 fully saturated rings. The fraction of sp³-hybridized carbons (Fsp3) is 0.533. The van der Waals surface area contributed by atoms with E-state index in [2.05, 4.69) is 0 Å². The van der Waals surface area contributed by atoms with Crippen molar-refractivity contribution in [1.82, 2.24) is 0 Å². The Morgan fingerprint density at radius 1 is 1.22 bits per heavy atom. The second-order valence-corrected chi connectivity index (χ2v) is 5.19. The van der Waals surface area contributed by atoms with Crippen molar-refractivity contribution in [3.8, 4) is 5.75 Å². The molecule has 0 bridgehead atoms. The van der Waals surface area contributed by atoms with E-state index in [9.17, 15) is 15.0 Å². The third-order valence-electron chi connectivity index (χ3n) is 4.05. The monoisotopic (exact) mass is 248 g/mol. The molecule has 1 aliphatic rings. The molecule has 0 heterocycles. The van der Waals surface area contributed by atoms with Crippen molar-refractivity contribution < 1.29 is 15.0 Å².